The number of hydrogen-bond acceptors (Lipinski definition) is 4. The lowest BCUT2D eigenvalue weighted by atomic mass is 10.3. The van der Waals surface area contributed by atoms with E-state index in [1.165, 1.54) is 6.92 Å². The fourth-order valence-corrected chi connectivity index (χ4v) is 1.40. The lowest BCUT2D eigenvalue weighted by molar-refractivity contribution is -0.150. The van der Waals surface area contributed by atoms with Crippen molar-refractivity contribution in [3.05, 3.63) is 11.4 Å². The molecule has 2 N–H and O–H groups in total. The maximum Gasteiger partial charge on any atom is 0.332 e. The van der Waals surface area contributed by atoms with Crippen LogP contribution in [0.15, 0.2) is 0 Å². The van der Waals surface area contributed by atoms with Gasteiger partial charge < -0.3 is 15.2 Å². The Morgan fingerprint density at radius 3 is 2.56 bits per heavy atom. The third-order valence-corrected chi connectivity index (χ3v) is 2.59. The van der Waals surface area contributed by atoms with Gasteiger partial charge >= 0.3 is 5.97 Å². The van der Waals surface area contributed by atoms with E-state index >= 15 is 0 Å². The predicted molar refractivity (Wildman–Crippen MR) is 64.4 cm³/mol. The summed E-state index contributed by atoms with van der Waals surface area (Å²) in [6.45, 7) is 4.68. The highest BCUT2D eigenvalue weighted by atomic mass is 16.5. The van der Waals surface area contributed by atoms with Crippen LogP contribution in [0.3, 0.4) is 0 Å². The van der Waals surface area contributed by atoms with E-state index in [0.717, 1.165) is 5.69 Å². The minimum absolute atomic E-state index is 0.304. The number of rotatable bonds is 5. The summed E-state index contributed by atoms with van der Waals surface area (Å²) < 4.78 is 6.54. The van der Waals surface area contributed by atoms with Crippen molar-refractivity contribution in [2.24, 2.45) is 7.05 Å². The number of nitrogens with zero attached hydrogens (tertiary/aromatic N) is 2. The molecule has 7 heteroatoms. The number of hydrogen-bond donors (Lipinski definition) is 2. The first-order valence-electron chi connectivity index (χ1n) is 5.47. The van der Waals surface area contributed by atoms with Crippen molar-refractivity contribution < 1.29 is 19.4 Å². The largest absolute Gasteiger partial charge is 0.479 e. The van der Waals surface area contributed by atoms with E-state index in [1.54, 1.807) is 18.7 Å². The zero-order valence-electron chi connectivity index (χ0n) is 10.9. The van der Waals surface area contributed by atoms with Crippen LogP contribution in [0.1, 0.15) is 18.3 Å². The Kier molecular flexibility index (Phi) is 4.43. The van der Waals surface area contributed by atoms with Crippen LogP contribution in [0.2, 0.25) is 0 Å². The highest BCUT2D eigenvalue weighted by molar-refractivity contribution is 5.93. The maximum atomic E-state index is 11.6. The van der Waals surface area contributed by atoms with Gasteiger partial charge in [0.1, 0.15) is 6.61 Å². The highest BCUT2D eigenvalue weighted by Gasteiger charge is 2.16. The van der Waals surface area contributed by atoms with Crippen LogP contribution in [-0.2, 0) is 21.4 Å². The smallest absolute Gasteiger partial charge is 0.332 e. The number of carboxylic acids is 1. The lowest BCUT2D eigenvalue weighted by Gasteiger charge is -2.09. The number of nitrogens with one attached hydrogen (secondary N) is 1. The monoisotopic (exact) mass is 255 g/mol. The molecule has 1 heterocycles. The second-order valence-electron chi connectivity index (χ2n) is 4.01. The molecule has 1 rings (SSSR count). The summed E-state index contributed by atoms with van der Waals surface area (Å²) >= 11 is 0. The molecular formula is C11H17N3O4. The summed E-state index contributed by atoms with van der Waals surface area (Å²) in [6, 6.07) is 0. The topological polar surface area (TPSA) is 93.5 Å². The quantitative estimate of drug-likeness (QED) is 0.797. The Hall–Kier alpha value is -1.89. The number of aliphatic carboxylic acids is 1. The molecule has 0 saturated carbocycles. The summed E-state index contributed by atoms with van der Waals surface area (Å²) in [4.78, 5) is 22.1. The number of anilines is 1. The van der Waals surface area contributed by atoms with Crippen molar-refractivity contribution in [1.82, 2.24) is 9.78 Å². The summed E-state index contributed by atoms with van der Waals surface area (Å²) in [6.07, 6.45) is -1.01. The Balaban J connectivity index is 2.57. The molecule has 1 aromatic rings. The van der Waals surface area contributed by atoms with Gasteiger partial charge in [0.25, 0.3) is 5.91 Å². The van der Waals surface area contributed by atoms with Crippen LogP contribution in [0.4, 0.5) is 5.69 Å². The van der Waals surface area contributed by atoms with Gasteiger partial charge in [0.15, 0.2) is 6.10 Å². The van der Waals surface area contributed by atoms with Gasteiger partial charge in [0.2, 0.25) is 0 Å². The first-order chi connectivity index (χ1) is 8.32. The summed E-state index contributed by atoms with van der Waals surface area (Å²) in [5, 5.41) is 15.4. The number of ether oxygens (including phenoxy) is 1. The Bertz CT molecular complexity index is 467. The summed E-state index contributed by atoms with van der Waals surface area (Å²) in [5.74, 6) is -1.50. The van der Waals surface area contributed by atoms with E-state index in [-0.39, 0.29) is 6.61 Å². The van der Waals surface area contributed by atoms with E-state index in [2.05, 4.69) is 10.4 Å². The second-order valence-corrected chi connectivity index (χ2v) is 4.01. The van der Waals surface area contributed by atoms with E-state index < -0.39 is 18.0 Å². The minimum Gasteiger partial charge on any atom is -0.479 e. The lowest BCUT2D eigenvalue weighted by Crippen LogP contribution is -2.26. The number of amides is 1. The molecule has 0 radical (unpaired) electrons. The van der Waals surface area contributed by atoms with Crippen LogP contribution < -0.4 is 5.32 Å². The standard InChI is InChI=1S/C11H17N3O4/c1-6-10(7(2)14(4)13-6)12-9(15)5-18-8(3)11(16)17/h8H,5H2,1-4H3,(H,12,15)(H,16,17). The molecule has 0 aromatic carbocycles. The van der Waals surface area contributed by atoms with Crippen LogP contribution >= 0.6 is 0 Å². The third-order valence-electron chi connectivity index (χ3n) is 2.59. The maximum absolute atomic E-state index is 11.6. The fraction of sp³-hybridized carbons (Fsp3) is 0.545. The normalized spacial score (nSPS) is 12.2. The second kappa shape index (κ2) is 5.63. The first-order valence-corrected chi connectivity index (χ1v) is 5.47. The SMILES string of the molecule is Cc1nn(C)c(C)c1NC(=O)COC(C)C(=O)O. The Morgan fingerprint density at radius 1 is 1.50 bits per heavy atom. The third kappa shape index (κ3) is 3.30. The Labute approximate surface area is 105 Å². The minimum atomic E-state index is -1.10. The van der Waals surface area contributed by atoms with Crippen LogP contribution in [0.5, 0.6) is 0 Å². The number of aromatic nitrogens is 2. The van der Waals surface area contributed by atoms with Crippen molar-refractivity contribution in [3.8, 4) is 0 Å². The zero-order chi connectivity index (χ0) is 13.9. The van der Waals surface area contributed by atoms with Crippen molar-refractivity contribution >= 4 is 17.6 Å². The number of carbonyl (C=O) groups is 2. The van der Waals surface area contributed by atoms with Crippen molar-refractivity contribution in [1.29, 1.82) is 0 Å². The van der Waals surface area contributed by atoms with E-state index in [0.29, 0.717) is 11.4 Å². The number of aryl methyl sites for hydroxylation is 2. The van der Waals surface area contributed by atoms with Gasteiger partial charge in [-0.25, -0.2) is 4.79 Å². The van der Waals surface area contributed by atoms with Gasteiger partial charge in [-0.1, -0.05) is 0 Å². The molecule has 0 aliphatic heterocycles. The van der Waals surface area contributed by atoms with Crippen molar-refractivity contribution in [2.45, 2.75) is 26.9 Å². The molecular weight excluding hydrogens is 238 g/mol. The van der Waals surface area contributed by atoms with Gasteiger partial charge in [-0.05, 0) is 20.8 Å². The molecule has 1 atom stereocenters. The molecule has 7 nitrogen and oxygen atoms in total. The van der Waals surface area contributed by atoms with Gasteiger partial charge in [-0.15, -0.1) is 0 Å². The molecule has 0 bridgehead atoms. The summed E-state index contributed by atoms with van der Waals surface area (Å²) in [7, 11) is 1.78. The van der Waals surface area contributed by atoms with Gasteiger partial charge in [-0.3, -0.25) is 9.48 Å². The number of carboxylic acid groups (broad SMARTS) is 1. The molecule has 1 amide bonds. The van der Waals surface area contributed by atoms with Gasteiger partial charge in [0.05, 0.1) is 17.1 Å². The predicted octanol–water partition coefficient (Wildman–Crippen LogP) is 0.465. The molecule has 0 saturated heterocycles. The molecule has 0 fully saturated rings. The molecule has 1 aromatic heterocycles. The van der Waals surface area contributed by atoms with E-state index in [9.17, 15) is 9.59 Å². The van der Waals surface area contributed by atoms with E-state index in [1.807, 2.05) is 6.92 Å². The first kappa shape index (κ1) is 14.2. The molecule has 100 valence electrons. The molecule has 0 aliphatic carbocycles. The molecule has 18 heavy (non-hydrogen) atoms. The zero-order valence-corrected chi connectivity index (χ0v) is 10.9. The van der Waals surface area contributed by atoms with Crippen LogP contribution in [0, 0.1) is 13.8 Å². The van der Waals surface area contributed by atoms with Crippen molar-refractivity contribution in [2.75, 3.05) is 11.9 Å². The van der Waals surface area contributed by atoms with Crippen LogP contribution in [0.25, 0.3) is 0 Å². The van der Waals surface area contributed by atoms with Crippen LogP contribution in [-0.4, -0.2) is 39.5 Å². The summed E-state index contributed by atoms with van der Waals surface area (Å²) in [5.41, 5.74) is 2.16. The Morgan fingerprint density at radius 2 is 2.11 bits per heavy atom. The number of carbonyl (C=O) groups excluding carboxylic acids is 1. The molecule has 1 unspecified atom stereocenters. The average molecular weight is 255 g/mol. The van der Waals surface area contributed by atoms with Crippen molar-refractivity contribution in [3.63, 3.8) is 0 Å². The molecule has 0 spiro atoms. The highest BCUT2D eigenvalue weighted by Crippen LogP contribution is 2.17. The van der Waals surface area contributed by atoms with Gasteiger partial charge in [0, 0.05) is 7.05 Å². The average Bonchev–Trinajstić information content (AvgIpc) is 2.52. The molecule has 0 aliphatic rings. The van der Waals surface area contributed by atoms with E-state index in [4.69, 9.17) is 9.84 Å². The van der Waals surface area contributed by atoms with Gasteiger partial charge in [-0.2, -0.15) is 5.10 Å². The fourth-order valence-electron chi connectivity index (χ4n) is 1.40.